The minimum Gasteiger partial charge on any atom is -0.396 e. The second-order valence-corrected chi connectivity index (χ2v) is 7.05. The summed E-state index contributed by atoms with van der Waals surface area (Å²) < 4.78 is 0. The molecule has 2 atom stereocenters. The van der Waals surface area contributed by atoms with Gasteiger partial charge in [0.2, 0.25) is 0 Å². The molecule has 25 heavy (non-hydrogen) atoms. The second kappa shape index (κ2) is 7.64. The first-order valence-electron chi connectivity index (χ1n) is 8.23. The summed E-state index contributed by atoms with van der Waals surface area (Å²) in [6, 6.07) is 8.24. The summed E-state index contributed by atoms with van der Waals surface area (Å²) in [6.07, 6.45) is 0. The molecule has 0 amide bonds. The molecule has 2 aliphatic rings. The summed E-state index contributed by atoms with van der Waals surface area (Å²) in [4.78, 5) is 7.09. The summed E-state index contributed by atoms with van der Waals surface area (Å²) in [5.41, 5.74) is 2.94. The maximum atomic E-state index is 9.89. The highest BCUT2D eigenvalue weighted by molar-refractivity contribution is 5.85. The molecule has 1 aromatic carbocycles. The van der Waals surface area contributed by atoms with Gasteiger partial charge in [0.05, 0.1) is 18.7 Å². The molecule has 2 saturated heterocycles. The van der Waals surface area contributed by atoms with Crippen molar-refractivity contribution >= 4 is 41.5 Å². The Morgan fingerprint density at radius 2 is 2.08 bits per heavy atom. The number of benzene rings is 1. The van der Waals surface area contributed by atoms with Crippen molar-refractivity contribution in [1.29, 1.82) is 0 Å². The lowest BCUT2D eigenvalue weighted by Crippen LogP contribution is -2.36. The summed E-state index contributed by atoms with van der Waals surface area (Å²) >= 11 is 0. The van der Waals surface area contributed by atoms with E-state index in [0.717, 1.165) is 48.5 Å². The van der Waals surface area contributed by atoms with E-state index in [9.17, 15) is 10.2 Å². The van der Waals surface area contributed by atoms with Crippen LogP contribution in [0, 0.1) is 18.3 Å². The van der Waals surface area contributed by atoms with Gasteiger partial charge in [-0.15, -0.1) is 24.8 Å². The van der Waals surface area contributed by atoms with Crippen molar-refractivity contribution < 1.29 is 10.2 Å². The molecule has 3 heterocycles. The molecule has 7 heteroatoms. The maximum absolute atomic E-state index is 9.89. The number of aliphatic hydroxyl groups is 2. The van der Waals surface area contributed by atoms with Crippen molar-refractivity contribution in [2.24, 2.45) is 11.3 Å². The number of rotatable bonds is 3. The molecule has 4 rings (SSSR count). The van der Waals surface area contributed by atoms with Gasteiger partial charge in [0.25, 0.3) is 0 Å². The Morgan fingerprint density at radius 3 is 2.76 bits per heavy atom. The Kier molecular flexibility index (Phi) is 6.17. The van der Waals surface area contributed by atoms with E-state index in [2.05, 4.69) is 35.3 Å². The summed E-state index contributed by atoms with van der Waals surface area (Å²) in [5, 5.41) is 24.1. The molecule has 0 bridgehead atoms. The van der Waals surface area contributed by atoms with Crippen molar-refractivity contribution in [3.63, 3.8) is 0 Å². The van der Waals surface area contributed by atoms with Gasteiger partial charge in [-0.3, -0.25) is 0 Å². The Bertz CT molecular complexity index is 758. The van der Waals surface area contributed by atoms with Crippen molar-refractivity contribution in [1.82, 2.24) is 10.3 Å². The van der Waals surface area contributed by atoms with E-state index < -0.39 is 0 Å². The number of aryl methyl sites for hydroxylation is 1. The molecule has 3 N–H and O–H groups in total. The van der Waals surface area contributed by atoms with Crippen LogP contribution in [0.25, 0.3) is 10.9 Å². The molecule has 0 spiro atoms. The normalized spacial score (nSPS) is 24.8. The van der Waals surface area contributed by atoms with Gasteiger partial charge in [0, 0.05) is 42.5 Å². The van der Waals surface area contributed by atoms with Gasteiger partial charge in [-0.05, 0) is 30.5 Å². The molecule has 0 saturated carbocycles. The van der Waals surface area contributed by atoms with Gasteiger partial charge in [-0.2, -0.15) is 0 Å². The molecule has 0 aliphatic carbocycles. The lowest BCUT2D eigenvalue weighted by atomic mass is 9.82. The minimum absolute atomic E-state index is 0. The van der Waals surface area contributed by atoms with Crippen LogP contribution in [-0.2, 0) is 6.61 Å². The molecule has 2 aromatic rings. The molecule has 5 nitrogen and oxygen atoms in total. The fourth-order valence-electron chi connectivity index (χ4n) is 4.11. The zero-order valence-corrected chi connectivity index (χ0v) is 15.9. The molecule has 2 aliphatic heterocycles. The van der Waals surface area contributed by atoms with Crippen LogP contribution in [0.4, 0.5) is 5.82 Å². The number of nitrogens with zero attached hydrogens (tertiary/aromatic N) is 2. The van der Waals surface area contributed by atoms with Crippen LogP contribution in [0.1, 0.15) is 11.1 Å². The number of nitrogens with one attached hydrogen (secondary N) is 1. The highest BCUT2D eigenvalue weighted by Crippen LogP contribution is 2.41. The lowest BCUT2D eigenvalue weighted by Gasteiger charge is -2.26. The van der Waals surface area contributed by atoms with Crippen LogP contribution in [0.5, 0.6) is 0 Å². The van der Waals surface area contributed by atoms with Crippen LogP contribution in [0.3, 0.4) is 0 Å². The average molecular weight is 386 g/mol. The van der Waals surface area contributed by atoms with Crippen LogP contribution in [-0.4, -0.2) is 48.0 Å². The molecular formula is C18H25Cl2N3O2. The fourth-order valence-corrected chi connectivity index (χ4v) is 4.11. The SMILES string of the molecule is Cc1ccc2cc(CO)c(N3CC4CNCC4(CO)C3)nc2c1.Cl.Cl. The minimum atomic E-state index is -0.0734. The highest BCUT2D eigenvalue weighted by atomic mass is 35.5. The van der Waals surface area contributed by atoms with Crippen molar-refractivity contribution in [3.05, 3.63) is 35.4 Å². The van der Waals surface area contributed by atoms with E-state index in [-0.39, 0.29) is 43.4 Å². The first kappa shape index (κ1) is 20.2. The van der Waals surface area contributed by atoms with Gasteiger partial charge >= 0.3 is 0 Å². The fraction of sp³-hybridized carbons (Fsp3) is 0.500. The van der Waals surface area contributed by atoms with Crippen LogP contribution in [0.2, 0.25) is 0 Å². The van der Waals surface area contributed by atoms with E-state index >= 15 is 0 Å². The Hall–Kier alpha value is -1.11. The number of fused-ring (bicyclic) bond motifs is 2. The zero-order valence-electron chi connectivity index (χ0n) is 14.2. The molecule has 1 aromatic heterocycles. The average Bonchev–Trinajstić information content (AvgIpc) is 3.10. The van der Waals surface area contributed by atoms with Crippen molar-refractivity contribution in [2.75, 3.05) is 37.7 Å². The first-order valence-corrected chi connectivity index (χ1v) is 8.23. The molecular weight excluding hydrogens is 361 g/mol. The van der Waals surface area contributed by atoms with E-state index in [4.69, 9.17) is 4.98 Å². The first-order chi connectivity index (χ1) is 11.1. The summed E-state index contributed by atoms with van der Waals surface area (Å²) in [5.74, 6) is 1.31. The van der Waals surface area contributed by atoms with E-state index in [1.165, 1.54) is 5.56 Å². The quantitative estimate of drug-likeness (QED) is 0.752. The summed E-state index contributed by atoms with van der Waals surface area (Å²) in [6.45, 7) is 5.71. The van der Waals surface area contributed by atoms with E-state index in [0.29, 0.717) is 5.92 Å². The highest BCUT2D eigenvalue weighted by Gasteiger charge is 2.49. The van der Waals surface area contributed by atoms with Crippen molar-refractivity contribution in [2.45, 2.75) is 13.5 Å². The number of halogens is 2. The third kappa shape index (κ3) is 3.32. The number of anilines is 1. The van der Waals surface area contributed by atoms with Crippen LogP contribution >= 0.6 is 24.8 Å². The van der Waals surface area contributed by atoms with Crippen LogP contribution in [0.15, 0.2) is 24.3 Å². The lowest BCUT2D eigenvalue weighted by molar-refractivity contribution is 0.135. The predicted molar refractivity (Wildman–Crippen MR) is 105 cm³/mol. The zero-order chi connectivity index (χ0) is 16.0. The standard InChI is InChI=1S/C18H23N3O2.2ClH/c1-12-2-3-13-5-14(8-22)17(20-16(13)4-12)21-7-15-6-19-9-18(15,10-21)11-23;;/h2-5,15,19,22-23H,6-11H2,1H3;2*1H. The predicted octanol–water partition coefficient (Wildman–Crippen LogP) is 1.90. The topological polar surface area (TPSA) is 68.6 Å². The van der Waals surface area contributed by atoms with Gasteiger partial charge in [-0.25, -0.2) is 4.98 Å². The van der Waals surface area contributed by atoms with Crippen LogP contribution < -0.4 is 10.2 Å². The largest absolute Gasteiger partial charge is 0.396 e. The van der Waals surface area contributed by atoms with Crippen molar-refractivity contribution in [3.8, 4) is 0 Å². The van der Waals surface area contributed by atoms with Gasteiger partial charge in [0.15, 0.2) is 0 Å². The third-order valence-corrected chi connectivity index (χ3v) is 5.49. The maximum Gasteiger partial charge on any atom is 0.134 e. The second-order valence-electron chi connectivity index (χ2n) is 7.05. The molecule has 0 radical (unpaired) electrons. The van der Waals surface area contributed by atoms with Gasteiger partial charge in [-0.1, -0.05) is 12.1 Å². The van der Waals surface area contributed by atoms with Gasteiger partial charge < -0.3 is 20.4 Å². The van der Waals surface area contributed by atoms with Gasteiger partial charge in [0.1, 0.15) is 5.82 Å². The summed E-state index contributed by atoms with van der Waals surface area (Å²) in [7, 11) is 0. The molecule has 2 unspecified atom stereocenters. The molecule has 2 fully saturated rings. The number of aromatic nitrogens is 1. The smallest absolute Gasteiger partial charge is 0.134 e. The number of hydrogen-bond acceptors (Lipinski definition) is 5. The number of pyridine rings is 1. The number of aliphatic hydroxyl groups excluding tert-OH is 2. The third-order valence-electron chi connectivity index (χ3n) is 5.49. The van der Waals surface area contributed by atoms with E-state index in [1.54, 1.807) is 0 Å². The number of hydrogen-bond donors (Lipinski definition) is 3. The Labute approximate surface area is 160 Å². The monoisotopic (exact) mass is 385 g/mol. The molecule has 138 valence electrons. The Morgan fingerprint density at radius 1 is 1.28 bits per heavy atom. The van der Waals surface area contributed by atoms with E-state index in [1.807, 2.05) is 6.07 Å². The Balaban J connectivity index is 0.00000113.